The topological polar surface area (TPSA) is 26.0 Å². The van der Waals surface area contributed by atoms with Crippen LogP contribution in [0.5, 0.6) is 0 Å². The Kier molecular flexibility index (Phi) is 2.33. The highest BCUT2D eigenvalue weighted by Crippen LogP contribution is 2.27. The van der Waals surface area contributed by atoms with E-state index < -0.39 is 11.6 Å². The molecule has 2 N–H and O–H groups in total. The third-order valence-electron chi connectivity index (χ3n) is 2.37. The van der Waals surface area contributed by atoms with Gasteiger partial charge in [-0.3, -0.25) is 0 Å². The van der Waals surface area contributed by atoms with Crippen LogP contribution in [0, 0.1) is 11.6 Å². The summed E-state index contributed by atoms with van der Waals surface area (Å²) in [6, 6.07) is 3.81. The molecule has 0 radical (unpaired) electrons. The Morgan fingerprint density at radius 2 is 2.00 bits per heavy atom. The standard InChI is InChI=1S/C11H11F2N/c12-9-2-1-8(11(13)6-9)3-7-4-10(14)5-7/h1-3,6,10H,4-5,14H2. The van der Waals surface area contributed by atoms with Gasteiger partial charge in [0, 0.05) is 17.7 Å². The Bertz CT molecular complexity index is 377. The molecular formula is C11H11F2N. The Balaban J connectivity index is 2.21. The van der Waals surface area contributed by atoms with Crippen LogP contribution < -0.4 is 5.73 Å². The van der Waals surface area contributed by atoms with E-state index in [1.165, 1.54) is 12.1 Å². The second-order valence-corrected chi connectivity index (χ2v) is 3.64. The smallest absolute Gasteiger partial charge is 0.133 e. The van der Waals surface area contributed by atoms with Crippen molar-refractivity contribution in [1.82, 2.24) is 0 Å². The highest BCUT2D eigenvalue weighted by atomic mass is 19.1. The summed E-state index contributed by atoms with van der Waals surface area (Å²) in [7, 11) is 0. The SMILES string of the molecule is NC1CC(=Cc2ccc(F)cc2F)C1. The Morgan fingerprint density at radius 3 is 2.57 bits per heavy atom. The van der Waals surface area contributed by atoms with Crippen LogP contribution in [0.15, 0.2) is 23.8 Å². The molecule has 14 heavy (non-hydrogen) atoms. The van der Waals surface area contributed by atoms with E-state index in [0.29, 0.717) is 5.56 Å². The van der Waals surface area contributed by atoms with Crippen molar-refractivity contribution >= 4 is 6.08 Å². The van der Waals surface area contributed by atoms with Gasteiger partial charge in [-0.05, 0) is 25.0 Å². The molecule has 1 aromatic carbocycles. The lowest BCUT2D eigenvalue weighted by atomic mass is 9.86. The monoisotopic (exact) mass is 195 g/mol. The summed E-state index contributed by atoms with van der Waals surface area (Å²) in [5.41, 5.74) is 7.16. The zero-order valence-electron chi connectivity index (χ0n) is 7.63. The second-order valence-electron chi connectivity index (χ2n) is 3.64. The molecule has 0 bridgehead atoms. The average Bonchev–Trinajstić information content (AvgIpc) is 2.06. The van der Waals surface area contributed by atoms with Crippen molar-refractivity contribution < 1.29 is 8.78 Å². The summed E-state index contributed by atoms with van der Waals surface area (Å²) in [4.78, 5) is 0. The third kappa shape index (κ3) is 1.82. The molecule has 1 aliphatic carbocycles. The van der Waals surface area contributed by atoms with E-state index in [2.05, 4.69) is 0 Å². The fraction of sp³-hybridized carbons (Fsp3) is 0.273. The first kappa shape index (κ1) is 9.34. The lowest BCUT2D eigenvalue weighted by Crippen LogP contribution is -2.29. The molecule has 0 aliphatic heterocycles. The van der Waals surface area contributed by atoms with Gasteiger partial charge < -0.3 is 5.73 Å². The van der Waals surface area contributed by atoms with Gasteiger partial charge >= 0.3 is 0 Å². The van der Waals surface area contributed by atoms with E-state index in [1.54, 1.807) is 6.08 Å². The van der Waals surface area contributed by atoms with Crippen molar-refractivity contribution in [2.75, 3.05) is 0 Å². The Hall–Kier alpha value is -1.22. The number of hydrogen-bond acceptors (Lipinski definition) is 1. The molecule has 1 aliphatic rings. The first-order valence-electron chi connectivity index (χ1n) is 4.55. The van der Waals surface area contributed by atoms with Crippen LogP contribution >= 0.6 is 0 Å². The molecule has 0 atom stereocenters. The lowest BCUT2D eigenvalue weighted by Gasteiger charge is -2.25. The summed E-state index contributed by atoms with van der Waals surface area (Å²) in [5, 5.41) is 0. The molecule has 0 aromatic heterocycles. The van der Waals surface area contributed by atoms with Gasteiger partial charge in [0.05, 0.1) is 0 Å². The summed E-state index contributed by atoms with van der Waals surface area (Å²) in [6.45, 7) is 0. The zero-order chi connectivity index (χ0) is 10.1. The molecular weight excluding hydrogens is 184 g/mol. The molecule has 0 saturated heterocycles. The lowest BCUT2D eigenvalue weighted by molar-refractivity contribution is 0.545. The van der Waals surface area contributed by atoms with Crippen molar-refractivity contribution in [1.29, 1.82) is 0 Å². The van der Waals surface area contributed by atoms with Gasteiger partial charge in [-0.25, -0.2) is 8.78 Å². The molecule has 0 heterocycles. The molecule has 74 valence electrons. The Labute approximate surface area is 81.2 Å². The van der Waals surface area contributed by atoms with Gasteiger partial charge in [0.2, 0.25) is 0 Å². The molecule has 0 spiro atoms. The van der Waals surface area contributed by atoms with E-state index in [9.17, 15) is 8.78 Å². The molecule has 2 rings (SSSR count). The normalized spacial score (nSPS) is 20.5. The van der Waals surface area contributed by atoms with E-state index in [-0.39, 0.29) is 6.04 Å². The highest BCUT2D eigenvalue weighted by molar-refractivity contribution is 5.55. The maximum Gasteiger partial charge on any atom is 0.133 e. The number of halogens is 2. The average molecular weight is 195 g/mol. The summed E-state index contributed by atoms with van der Waals surface area (Å²) >= 11 is 0. The van der Waals surface area contributed by atoms with Gasteiger partial charge in [-0.15, -0.1) is 0 Å². The quantitative estimate of drug-likeness (QED) is 0.731. The first-order chi connectivity index (χ1) is 6.65. The first-order valence-corrected chi connectivity index (χ1v) is 4.55. The number of nitrogens with two attached hydrogens (primary N) is 1. The van der Waals surface area contributed by atoms with Crippen molar-refractivity contribution in [2.45, 2.75) is 18.9 Å². The zero-order valence-corrected chi connectivity index (χ0v) is 7.63. The summed E-state index contributed by atoms with van der Waals surface area (Å²) in [6.07, 6.45) is 3.38. The van der Waals surface area contributed by atoms with Crippen LogP contribution in [0.25, 0.3) is 6.08 Å². The predicted octanol–water partition coefficient (Wildman–Crippen LogP) is 2.47. The van der Waals surface area contributed by atoms with E-state index in [4.69, 9.17) is 5.73 Å². The minimum atomic E-state index is -0.546. The molecule has 1 nitrogen and oxygen atoms in total. The molecule has 0 amide bonds. The van der Waals surface area contributed by atoms with Crippen LogP contribution in [0.4, 0.5) is 8.78 Å². The minimum absolute atomic E-state index is 0.213. The van der Waals surface area contributed by atoms with Crippen molar-refractivity contribution in [3.05, 3.63) is 41.0 Å². The molecule has 1 saturated carbocycles. The summed E-state index contributed by atoms with van der Waals surface area (Å²) in [5.74, 6) is -1.06. The van der Waals surface area contributed by atoms with Crippen LogP contribution in [0.3, 0.4) is 0 Å². The van der Waals surface area contributed by atoms with Crippen molar-refractivity contribution in [2.24, 2.45) is 5.73 Å². The van der Waals surface area contributed by atoms with Crippen molar-refractivity contribution in [3.63, 3.8) is 0 Å². The largest absolute Gasteiger partial charge is 0.327 e. The van der Waals surface area contributed by atoms with Crippen LogP contribution in [0.1, 0.15) is 18.4 Å². The molecule has 0 unspecified atom stereocenters. The minimum Gasteiger partial charge on any atom is -0.327 e. The predicted molar refractivity (Wildman–Crippen MR) is 51.5 cm³/mol. The Morgan fingerprint density at radius 1 is 1.29 bits per heavy atom. The van der Waals surface area contributed by atoms with E-state index in [1.807, 2.05) is 0 Å². The van der Waals surface area contributed by atoms with Gasteiger partial charge in [0.15, 0.2) is 0 Å². The summed E-state index contributed by atoms with van der Waals surface area (Å²) < 4.78 is 25.7. The maximum atomic E-state index is 13.2. The maximum absolute atomic E-state index is 13.2. The van der Waals surface area contributed by atoms with Gasteiger partial charge in [-0.1, -0.05) is 11.6 Å². The van der Waals surface area contributed by atoms with E-state index in [0.717, 1.165) is 24.5 Å². The van der Waals surface area contributed by atoms with Crippen molar-refractivity contribution in [3.8, 4) is 0 Å². The second kappa shape index (κ2) is 3.50. The number of rotatable bonds is 1. The fourth-order valence-corrected chi connectivity index (χ4v) is 1.57. The number of benzene rings is 1. The molecule has 1 aromatic rings. The third-order valence-corrected chi connectivity index (χ3v) is 2.37. The highest BCUT2D eigenvalue weighted by Gasteiger charge is 2.18. The van der Waals surface area contributed by atoms with Gasteiger partial charge in [-0.2, -0.15) is 0 Å². The molecule has 3 heteroatoms. The van der Waals surface area contributed by atoms with E-state index >= 15 is 0 Å². The van der Waals surface area contributed by atoms with Gasteiger partial charge in [0.25, 0.3) is 0 Å². The number of hydrogen-bond donors (Lipinski definition) is 1. The van der Waals surface area contributed by atoms with Crippen LogP contribution in [0.2, 0.25) is 0 Å². The van der Waals surface area contributed by atoms with Crippen LogP contribution in [-0.2, 0) is 0 Å². The molecule has 1 fully saturated rings. The fourth-order valence-electron chi connectivity index (χ4n) is 1.57. The van der Waals surface area contributed by atoms with Gasteiger partial charge in [0.1, 0.15) is 11.6 Å². The van der Waals surface area contributed by atoms with Crippen LogP contribution in [-0.4, -0.2) is 6.04 Å².